The maximum absolute atomic E-state index is 12.1. The topological polar surface area (TPSA) is 25.2 Å². The van der Waals surface area contributed by atoms with Crippen LogP contribution in [0.5, 0.6) is 0 Å². The lowest BCUT2D eigenvalue weighted by Gasteiger charge is -2.19. The van der Waals surface area contributed by atoms with Crippen LogP contribution in [0.4, 0.5) is 13.2 Å². The van der Waals surface area contributed by atoms with E-state index in [1.807, 2.05) is 0 Å². The summed E-state index contributed by atoms with van der Waals surface area (Å²) in [6.45, 7) is 5.10. The minimum absolute atomic E-state index is 0.217. The van der Waals surface area contributed by atoms with Crippen molar-refractivity contribution in [1.29, 1.82) is 0 Å². The standard InChI is InChI=1S/C11H16F3NO/c1-7(6-11(12,13)14)15-9(3)10-5-4-8(2)16-10/h4-5,7,9,15H,6H2,1-3H3. The lowest BCUT2D eigenvalue weighted by molar-refractivity contribution is -0.139. The van der Waals surface area contributed by atoms with E-state index in [0.29, 0.717) is 5.76 Å². The zero-order valence-electron chi connectivity index (χ0n) is 9.56. The molecule has 1 N–H and O–H groups in total. The Hall–Kier alpha value is -0.970. The van der Waals surface area contributed by atoms with Gasteiger partial charge in [-0.2, -0.15) is 13.2 Å². The first-order valence-electron chi connectivity index (χ1n) is 5.17. The highest BCUT2D eigenvalue weighted by Crippen LogP contribution is 2.23. The van der Waals surface area contributed by atoms with Crippen LogP contribution in [0.2, 0.25) is 0 Å². The second kappa shape index (κ2) is 4.91. The van der Waals surface area contributed by atoms with Crippen molar-refractivity contribution in [3.8, 4) is 0 Å². The summed E-state index contributed by atoms with van der Waals surface area (Å²) in [5.74, 6) is 1.42. The minimum Gasteiger partial charge on any atom is -0.465 e. The van der Waals surface area contributed by atoms with Crippen LogP contribution < -0.4 is 5.32 Å². The summed E-state index contributed by atoms with van der Waals surface area (Å²) in [5, 5.41) is 2.85. The molecule has 0 amide bonds. The molecule has 0 spiro atoms. The van der Waals surface area contributed by atoms with Crippen LogP contribution >= 0.6 is 0 Å². The van der Waals surface area contributed by atoms with E-state index in [-0.39, 0.29) is 6.04 Å². The smallest absolute Gasteiger partial charge is 0.390 e. The van der Waals surface area contributed by atoms with E-state index in [1.54, 1.807) is 26.0 Å². The van der Waals surface area contributed by atoms with Gasteiger partial charge in [-0.25, -0.2) is 0 Å². The van der Waals surface area contributed by atoms with E-state index in [9.17, 15) is 13.2 Å². The summed E-state index contributed by atoms with van der Waals surface area (Å²) in [5.41, 5.74) is 0. The van der Waals surface area contributed by atoms with Crippen molar-refractivity contribution in [2.75, 3.05) is 0 Å². The number of halogens is 3. The monoisotopic (exact) mass is 235 g/mol. The van der Waals surface area contributed by atoms with Gasteiger partial charge in [-0.05, 0) is 32.9 Å². The molecule has 2 nitrogen and oxygen atoms in total. The molecule has 2 atom stereocenters. The highest BCUT2D eigenvalue weighted by atomic mass is 19.4. The summed E-state index contributed by atoms with van der Waals surface area (Å²) >= 11 is 0. The van der Waals surface area contributed by atoms with Crippen molar-refractivity contribution in [2.45, 2.75) is 45.5 Å². The molecule has 16 heavy (non-hydrogen) atoms. The summed E-state index contributed by atoms with van der Waals surface area (Å²) < 4.78 is 41.6. The van der Waals surface area contributed by atoms with E-state index in [1.165, 1.54) is 6.92 Å². The molecule has 0 bridgehead atoms. The van der Waals surface area contributed by atoms with E-state index in [4.69, 9.17) is 4.42 Å². The predicted octanol–water partition coefficient (Wildman–Crippen LogP) is 3.58. The van der Waals surface area contributed by atoms with Crippen LogP contribution in [-0.2, 0) is 0 Å². The Bertz CT molecular complexity index is 332. The van der Waals surface area contributed by atoms with Crippen LogP contribution in [0, 0.1) is 6.92 Å². The van der Waals surface area contributed by atoms with Gasteiger partial charge in [-0.15, -0.1) is 0 Å². The fourth-order valence-corrected chi connectivity index (χ4v) is 1.60. The van der Waals surface area contributed by atoms with Crippen molar-refractivity contribution in [2.24, 2.45) is 0 Å². The van der Waals surface area contributed by atoms with E-state index >= 15 is 0 Å². The molecule has 5 heteroatoms. The van der Waals surface area contributed by atoms with Crippen molar-refractivity contribution >= 4 is 0 Å². The lowest BCUT2D eigenvalue weighted by atomic mass is 10.2. The average molecular weight is 235 g/mol. The maximum Gasteiger partial charge on any atom is 0.390 e. The average Bonchev–Trinajstić information content (AvgIpc) is 2.47. The molecule has 1 aromatic heterocycles. The zero-order chi connectivity index (χ0) is 12.3. The minimum atomic E-state index is -4.13. The van der Waals surface area contributed by atoms with Gasteiger partial charge in [-0.3, -0.25) is 0 Å². The number of hydrogen-bond donors (Lipinski definition) is 1. The molecule has 0 saturated carbocycles. The van der Waals surface area contributed by atoms with E-state index in [2.05, 4.69) is 5.32 Å². The highest BCUT2D eigenvalue weighted by molar-refractivity contribution is 5.09. The largest absolute Gasteiger partial charge is 0.465 e. The van der Waals surface area contributed by atoms with Gasteiger partial charge in [-0.1, -0.05) is 0 Å². The van der Waals surface area contributed by atoms with Crippen LogP contribution in [0.15, 0.2) is 16.5 Å². The predicted molar refractivity (Wildman–Crippen MR) is 55.1 cm³/mol. The van der Waals surface area contributed by atoms with Crippen molar-refractivity contribution in [1.82, 2.24) is 5.32 Å². The number of rotatable bonds is 4. The molecule has 0 aliphatic heterocycles. The first kappa shape index (κ1) is 13.1. The number of nitrogens with one attached hydrogen (secondary N) is 1. The normalized spacial score (nSPS) is 16.1. The maximum atomic E-state index is 12.1. The van der Waals surface area contributed by atoms with Crippen LogP contribution in [0.3, 0.4) is 0 Å². The first-order valence-corrected chi connectivity index (χ1v) is 5.17. The highest BCUT2D eigenvalue weighted by Gasteiger charge is 2.30. The van der Waals surface area contributed by atoms with Crippen molar-refractivity contribution in [3.05, 3.63) is 23.7 Å². The molecule has 1 rings (SSSR count). The van der Waals surface area contributed by atoms with Gasteiger partial charge in [0.2, 0.25) is 0 Å². The molecule has 0 aliphatic rings. The van der Waals surface area contributed by atoms with Gasteiger partial charge in [0.1, 0.15) is 11.5 Å². The van der Waals surface area contributed by atoms with Crippen molar-refractivity contribution in [3.63, 3.8) is 0 Å². The summed E-state index contributed by atoms with van der Waals surface area (Å²) in [6.07, 6.45) is -4.97. The second-order valence-electron chi connectivity index (χ2n) is 4.06. The number of furan rings is 1. The van der Waals surface area contributed by atoms with Gasteiger partial charge in [0, 0.05) is 6.04 Å². The fraction of sp³-hybridized carbons (Fsp3) is 0.636. The molecule has 0 radical (unpaired) electrons. The summed E-state index contributed by atoms with van der Waals surface area (Å²) in [7, 11) is 0. The Labute approximate surface area is 92.8 Å². The Morgan fingerprint density at radius 3 is 2.38 bits per heavy atom. The molecular weight excluding hydrogens is 219 g/mol. The SMILES string of the molecule is Cc1ccc(C(C)NC(C)CC(F)(F)F)o1. The first-order chi connectivity index (χ1) is 7.28. The fourth-order valence-electron chi connectivity index (χ4n) is 1.60. The number of aryl methyl sites for hydroxylation is 1. The van der Waals surface area contributed by atoms with Gasteiger partial charge in [0.05, 0.1) is 12.5 Å². The second-order valence-corrected chi connectivity index (χ2v) is 4.06. The molecule has 0 saturated heterocycles. The molecular formula is C11H16F3NO. The Kier molecular flexibility index (Phi) is 4.02. The third-order valence-corrected chi connectivity index (χ3v) is 2.26. The number of hydrogen-bond acceptors (Lipinski definition) is 2. The molecule has 0 aliphatic carbocycles. The quantitative estimate of drug-likeness (QED) is 0.862. The van der Waals surface area contributed by atoms with Gasteiger partial charge in [0.15, 0.2) is 0 Å². The summed E-state index contributed by atoms with van der Waals surface area (Å²) in [6, 6.07) is 2.72. The molecule has 0 fully saturated rings. The van der Waals surface area contributed by atoms with Crippen LogP contribution in [0.1, 0.15) is 37.8 Å². The molecule has 1 aromatic rings. The summed E-state index contributed by atoms with van der Waals surface area (Å²) in [4.78, 5) is 0. The molecule has 0 aromatic carbocycles. The third kappa shape index (κ3) is 4.26. The van der Waals surface area contributed by atoms with Gasteiger partial charge < -0.3 is 9.73 Å². The molecule has 92 valence electrons. The Morgan fingerprint density at radius 2 is 1.94 bits per heavy atom. The molecule has 1 heterocycles. The van der Waals surface area contributed by atoms with Crippen molar-refractivity contribution < 1.29 is 17.6 Å². The Morgan fingerprint density at radius 1 is 1.31 bits per heavy atom. The lowest BCUT2D eigenvalue weighted by Crippen LogP contribution is -2.32. The number of alkyl halides is 3. The van der Waals surface area contributed by atoms with E-state index < -0.39 is 18.6 Å². The van der Waals surface area contributed by atoms with E-state index in [0.717, 1.165) is 5.76 Å². The molecule has 2 unspecified atom stereocenters. The van der Waals surface area contributed by atoms with Gasteiger partial charge in [0.25, 0.3) is 0 Å². The zero-order valence-corrected chi connectivity index (χ0v) is 9.56. The van der Waals surface area contributed by atoms with Crippen LogP contribution in [0.25, 0.3) is 0 Å². The van der Waals surface area contributed by atoms with Crippen LogP contribution in [-0.4, -0.2) is 12.2 Å². The van der Waals surface area contributed by atoms with Gasteiger partial charge >= 0.3 is 6.18 Å². The third-order valence-electron chi connectivity index (χ3n) is 2.26. The Balaban J connectivity index is 2.48.